The molecule has 0 aliphatic heterocycles. The topological polar surface area (TPSA) is 29.1 Å². The second kappa shape index (κ2) is 6.23. The zero-order valence-electron chi connectivity index (χ0n) is 8.50. The number of hydrogen-bond acceptors (Lipinski definition) is 1. The van der Waals surface area contributed by atoms with Crippen LogP contribution in [0.2, 0.25) is 0 Å². The first-order chi connectivity index (χ1) is 6.11. The summed E-state index contributed by atoms with van der Waals surface area (Å²) < 4.78 is 0. The molecule has 1 unspecified atom stereocenters. The molecule has 13 heavy (non-hydrogen) atoms. The van der Waals surface area contributed by atoms with E-state index in [0.717, 1.165) is 5.57 Å². The molecule has 0 heterocycles. The summed E-state index contributed by atoms with van der Waals surface area (Å²) in [5.74, 6) is -0.0213. The van der Waals surface area contributed by atoms with E-state index < -0.39 is 0 Å². The van der Waals surface area contributed by atoms with Gasteiger partial charge in [-0.15, -0.1) is 0 Å². The summed E-state index contributed by atoms with van der Waals surface area (Å²) >= 11 is 0. The molecule has 0 aromatic carbocycles. The Morgan fingerprint density at radius 2 is 2.15 bits per heavy atom. The van der Waals surface area contributed by atoms with Crippen molar-refractivity contribution in [2.75, 3.05) is 0 Å². The van der Waals surface area contributed by atoms with Crippen LogP contribution in [0.15, 0.2) is 36.5 Å². The molecule has 0 saturated heterocycles. The Hall–Kier alpha value is -1.31. The van der Waals surface area contributed by atoms with Gasteiger partial charge in [0.15, 0.2) is 0 Å². The van der Waals surface area contributed by atoms with Gasteiger partial charge < -0.3 is 5.32 Å². The molecule has 0 fully saturated rings. The largest absolute Gasteiger partial charge is 0.350 e. The van der Waals surface area contributed by atoms with Crippen LogP contribution >= 0.6 is 0 Å². The van der Waals surface area contributed by atoms with Crippen molar-refractivity contribution in [3.8, 4) is 0 Å². The standard InChI is InChI=1S/C11H17NO/c1-5-7-11(8-6-2)9(3)12-10(4)13/h5-9H,1H2,2-4H3,(H,12,13)/b8-6-,11-7+. The number of rotatable bonds is 4. The van der Waals surface area contributed by atoms with E-state index >= 15 is 0 Å². The molecule has 0 aliphatic carbocycles. The van der Waals surface area contributed by atoms with Gasteiger partial charge >= 0.3 is 0 Å². The average Bonchev–Trinajstić information content (AvgIpc) is 2.02. The molecule has 1 amide bonds. The lowest BCUT2D eigenvalue weighted by atomic mass is 10.1. The average molecular weight is 179 g/mol. The van der Waals surface area contributed by atoms with Crippen molar-refractivity contribution in [1.82, 2.24) is 5.32 Å². The molecule has 0 spiro atoms. The minimum absolute atomic E-state index is 0.0213. The van der Waals surface area contributed by atoms with Crippen LogP contribution in [0.5, 0.6) is 0 Å². The van der Waals surface area contributed by atoms with Gasteiger partial charge in [0.1, 0.15) is 0 Å². The highest BCUT2D eigenvalue weighted by molar-refractivity contribution is 5.73. The summed E-state index contributed by atoms with van der Waals surface area (Å²) in [4.78, 5) is 10.8. The van der Waals surface area contributed by atoms with Gasteiger partial charge in [-0.05, 0) is 19.4 Å². The molecule has 1 N–H and O–H groups in total. The molecule has 0 aromatic heterocycles. The second-order valence-electron chi connectivity index (χ2n) is 2.82. The van der Waals surface area contributed by atoms with Crippen LogP contribution in [0.3, 0.4) is 0 Å². The highest BCUT2D eigenvalue weighted by atomic mass is 16.1. The van der Waals surface area contributed by atoms with E-state index in [1.807, 2.05) is 32.1 Å². The summed E-state index contributed by atoms with van der Waals surface area (Å²) in [6.45, 7) is 9.02. The molecular weight excluding hydrogens is 162 g/mol. The zero-order chi connectivity index (χ0) is 10.3. The normalized spacial score (nSPS) is 14.2. The van der Waals surface area contributed by atoms with Crippen LogP contribution in [0.1, 0.15) is 20.8 Å². The summed E-state index contributed by atoms with van der Waals surface area (Å²) in [5, 5.41) is 2.81. The maximum Gasteiger partial charge on any atom is 0.217 e. The smallest absolute Gasteiger partial charge is 0.217 e. The van der Waals surface area contributed by atoms with Crippen molar-refractivity contribution >= 4 is 5.91 Å². The molecule has 72 valence electrons. The van der Waals surface area contributed by atoms with Gasteiger partial charge in [0.25, 0.3) is 0 Å². The zero-order valence-corrected chi connectivity index (χ0v) is 8.50. The number of nitrogens with one attached hydrogen (secondary N) is 1. The third kappa shape index (κ3) is 5.01. The van der Waals surface area contributed by atoms with Crippen molar-refractivity contribution in [3.05, 3.63) is 36.5 Å². The lowest BCUT2D eigenvalue weighted by molar-refractivity contribution is -0.119. The minimum atomic E-state index is -0.0213. The van der Waals surface area contributed by atoms with E-state index in [2.05, 4.69) is 11.9 Å². The second-order valence-corrected chi connectivity index (χ2v) is 2.82. The van der Waals surface area contributed by atoms with Gasteiger partial charge in [-0.2, -0.15) is 0 Å². The molecule has 2 heteroatoms. The highest BCUT2D eigenvalue weighted by Crippen LogP contribution is 2.04. The predicted molar refractivity (Wildman–Crippen MR) is 56.4 cm³/mol. The van der Waals surface area contributed by atoms with Crippen LogP contribution in [-0.4, -0.2) is 11.9 Å². The van der Waals surface area contributed by atoms with Gasteiger partial charge in [0.05, 0.1) is 6.04 Å². The van der Waals surface area contributed by atoms with Crippen molar-refractivity contribution in [1.29, 1.82) is 0 Å². The Bertz CT molecular complexity index is 238. The fourth-order valence-electron chi connectivity index (χ4n) is 1.06. The number of amides is 1. The van der Waals surface area contributed by atoms with Crippen molar-refractivity contribution in [2.45, 2.75) is 26.8 Å². The molecule has 0 bridgehead atoms. The fourth-order valence-corrected chi connectivity index (χ4v) is 1.06. The van der Waals surface area contributed by atoms with Crippen LogP contribution in [0.4, 0.5) is 0 Å². The van der Waals surface area contributed by atoms with E-state index in [0.29, 0.717) is 0 Å². The van der Waals surface area contributed by atoms with Crippen molar-refractivity contribution in [2.24, 2.45) is 0 Å². The quantitative estimate of drug-likeness (QED) is 0.658. The Morgan fingerprint density at radius 3 is 2.54 bits per heavy atom. The number of allylic oxidation sites excluding steroid dienone is 3. The molecular formula is C11H17NO. The lowest BCUT2D eigenvalue weighted by Gasteiger charge is -2.13. The first-order valence-electron chi connectivity index (χ1n) is 4.34. The third-order valence-corrected chi connectivity index (χ3v) is 1.59. The predicted octanol–water partition coefficient (Wildman–Crippen LogP) is 2.20. The Labute approximate surface area is 80.0 Å². The number of carbonyl (C=O) groups is 1. The van der Waals surface area contributed by atoms with Crippen LogP contribution < -0.4 is 5.32 Å². The monoisotopic (exact) mass is 179 g/mol. The third-order valence-electron chi connectivity index (χ3n) is 1.59. The van der Waals surface area contributed by atoms with E-state index in [-0.39, 0.29) is 11.9 Å². The molecule has 0 radical (unpaired) electrons. The maximum absolute atomic E-state index is 10.8. The molecule has 0 rings (SSSR count). The van der Waals surface area contributed by atoms with Crippen LogP contribution in [0.25, 0.3) is 0 Å². The Balaban J connectivity index is 4.45. The molecule has 1 atom stereocenters. The van der Waals surface area contributed by atoms with Crippen molar-refractivity contribution in [3.63, 3.8) is 0 Å². The Morgan fingerprint density at radius 1 is 1.54 bits per heavy atom. The van der Waals surface area contributed by atoms with Gasteiger partial charge in [-0.1, -0.05) is 30.9 Å². The van der Waals surface area contributed by atoms with E-state index in [1.54, 1.807) is 6.08 Å². The number of hydrogen-bond donors (Lipinski definition) is 1. The Kier molecular flexibility index (Phi) is 5.60. The van der Waals surface area contributed by atoms with Crippen LogP contribution in [-0.2, 0) is 4.79 Å². The lowest BCUT2D eigenvalue weighted by Crippen LogP contribution is -2.31. The van der Waals surface area contributed by atoms with Crippen LogP contribution in [0, 0.1) is 0 Å². The molecule has 0 aromatic rings. The minimum Gasteiger partial charge on any atom is -0.350 e. The van der Waals surface area contributed by atoms with Gasteiger partial charge in [-0.25, -0.2) is 0 Å². The highest BCUT2D eigenvalue weighted by Gasteiger charge is 2.05. The SMILES string of the molecule is C=C/C=C(\C=C/C)C(C)NC(C)=O. The van der Waals surface area contributed by atoms with E-state index in [1.165, 1.54) is 6.92 Å². The van der Waals surface area contributed by atoms with Gasteiger partial charge in [0.2, 0.25) is 5.91 Å². The first-order valence-corrected chi connectivity index (χ1v) is 4.34. The van der Waals surface area contributed by atoms with Crippen molar-refractivity contribution < 1.29 is 4.79 Å². The summed E-state index contributed by atoms with van der Waals surface area (Å²) in [6, 6.07) is 0.0340. The molecule has 0 aliphatic rings. The summed E-state index contributed by atoms with van der Waals surface area (Å²) in [6.07, 6.45) is 7.50. The number of carbonyl (C=O) groups excluding carboxylic acids is 1. The fraction of sp³-hybridized carbons (Fsp3) is 0.364. The first kappa shape index (κ1) is 11.7. The van der Waals surface area contributed by atoms with Gasteiger partial charge in [0, 0.05) is 6.92 Å². The summed E-state index contributed by atoms with van der Waals surface area (Å²) in [5.41, 5.74) is 1.05. The molecule has 2 nitrogen and oxygen atoms in total. The summed E-state index contributed by atoms with van der Waals surface area (Å²) in [7, 11) is 0. The van der Waals surface area contributed by atoms with E-state index in [9.17, 15) is 4.79 Å². The maximum atomic E-state index is 10.8. The van der Waals surface area contributed by atoms with Gasteiger partial charge in [-0.3, -0.25) is 4.79 Å². The molecule has 0 saturated carbocycles. The van der Waals surface area contributed by atoms with E-state index in [4.69, 9.17) is 0 Å².